The Morgan fingerprint density at radius 1 is 1.07 bits per heavy atom. The van der Waals surface area contributed by atoms with Crippen LogP contribution in [0.25, 0.3) is 0 Å². The molecule has 1 aromatic carbocycles. The predicted octanol–water partition coefficient (Wildman–Crippen LogP) is 5.17. The number of Topliss-reactive ketones (excluding diaryl/α,β-unsaturated/α-hetero) is 1. The first kappa shape index (κ1) is 19.9. The van der Waals surface area contributed by atoms with Crippen LogP contribution in [0.5, 0.6) is 0 Å². The van der Waals surface area contributed by atoms with Gasteiger partial charge in [-0.15, -0.1) is 0 Å². The lowest BCUT2D eigenvalue weighted by Crippen LogP contribution is -2.22. The molecule has 1 saturated carbocycles. The molecular weight excluding hydrogens is 407 g/mol. The standard InChI is InChI=1S/C23H20Cl2N2O2/c24-20-11-19(14-27-7-2-1-6-22(27)28)21(25)10-17(20)8-15-9-18(13-26-12-15)23(29)16-4-3-5-16/h1-2,6-7,9-13,16H,3-5,8,14H2. The van der Waals surface area contributed by atoms with Gasteiger partial charge in [-0.05, 0) is 53.8 Å². The molecule has 148 valence electrons. The second-order valence-electron chi connectivity index (χ2n) is 7.45. The third-order valence-electron chi connectivity index (χ3n) is 5.41. The Morgan fingerprint density at radius 2 is 1.83 bits per heavy atom. The molecule has 2 heterocycles. The van der Waals surface area contributed by atoms with Crippen molar-refractivity contribution in [3.05, 3.63) is 97.6 Å². The van der Waals surface area contributed by atoms with Gasteiger partial charge < -0.3 is 4.57 Å². The molecule has 1 aliphatic carbocycles. The number of carbonyl (C=O) groups is 1. The quantitative estimate of drug-likeness (QED) is 0.510. The molecule has 29 heavy (non-hydrogen) atoms. The van der Waals surface area contributed by atoms with E-state index in [1.54, 1.807) is 41.4 Å². The molecule has 0 aliphatic heterocycles. The third kappa shape index (κ3) is 4.44. The van der Waals surface area contributed by atoms with Gasteiger partial charge in [-0.25, -0.2) is 0 Å². The van der Waals surface area contributed by atoms with E-state index in [0.717, 1.165) is 36.0 Å². The summed E-state index contributed by atoms with van der Waals surface area (Å²) in [4.78, 5) is 28.7. The minimum absolute atomic E-state index is 0.0946. The van der Waals surface area contributed by atoms with E-state index in [1.165, 1.54) is 6.07 Å². The highest BCUT2D eigenvalue weighted by molar-refractivity contribution is 6.34. The number of aromatic nitrogens is 2. The molecule has 4 rings (SSSR count). The number of pyridine rings is 2. The summed E-state index contributed by atoms with van der Waals surface area (Å²) in [5.74, 6) is 0.323. The average Bonchev–Trinajstić information content (AvgIpc) is 2.66. The highest BCUT2D eigenvalue weighted by atomic mass is 35.5. The number of ketones is 1. The number of rotatable bonds is 6. The van der Waals surface area contributed by atoms with Gasteiger partial charge in [-0.3, -0.25) is 14.6 Å². The van der Waals surface area contributed by atoms with E-state index in [4.69, 9.17) is 23.2 Å². The second kappa shape index (κ2) is 8.52. The van der Waals surface area contributed by atoms with E-state index in [1.807, 2.05) is 12.1 Å². The molecule has 0 unspecified atom stereocenters. The van der Waals surface area contributed by atoms with Crippen LogP contribution in [0.4, 0.5) is 0 Å². The van der Waals surface area contributed by atoms with Gasteiger partial charge in [0.2, 0.25) is 0 Å². The van der Waals surface area contributed by atoms with E-state index in [-0.39, 0.29) is 17.3 Å². The van der Waals surface area contributed by atoms with Gasteiger partial charge in [0, 0.05) is 52.6 Å². The monoisotopic (exact) mass is 426 g/mol. The largest absolute Gasteiger partial charge is 0.311 e. The van der Waals surface area contributed by atoms with Crippen LogP contribution in [0.3, 0.4) is 0 Å². The van der Waals surface area contributed by atoms with Crippen LogP contribution in [-0.4, -0.2) is 15.3 Å². The van der Waals surface area contributed by atoms with Crippen molar-refractivity contribution in [1.82, 2.24) is 9.55 Å². The lowest BCUT2D eigenvalue weighted by atomic mass is 9.80. The SMILES string of the molecule is O=C(c1cncc(Cc2cc(Cl)c(Cn3ccccc3=O)cc2Cl)c1)C1CCC1. The molecule has 0 N–H and O–H groups in total. The van der Waals surface area contributed by atoms with Crippen LogP contribution in [-0.2, 0) is 13.0 Å². The van der Waals surface area contributed by atoms with Crippen molar-refractivity contribution in [2.75, 3.05) is 0 Å². The first-order chi connectivity index (χ1) is 14.0. The first-order valence-electron chi connectivity index (χ1n) is 9.61. The molecule has 1 fully saturated rings. The minimum atomic E-state index is -0.0946. The van der Waals surface area contributed by atoms with Crippen LogP contribution in [0.15, 0.2) is 59.8 Å². The highest BCUT2D eigenvalue weighted by Gasteiger charge is 2.26. The molecular formula is C23H20Cl2N2O2. The lowest BCUT2D eigenvalue weighted by Gasteiger charge is -2.23. The Hall–Kier alpha value is -2.43. The Bertz CT molecular complexity index is 1120. The summed E-state index contributed by atoms with van der Waals surface area (Å²) in [5.41, 5.74) is 3.12. The third-order valence-corrected chi connectivity index (χ3v) is 6.11. The second-order valence-corrected chi connectivity index (χ2v) is 8.27. The average molecular weight is 427 g/mol. The van der Waals surface area contributed by atoms with E-state index in [0.29, 0.717) is 28.6 Å². The molecule has 1 aliphatic rings. The van der Waals surface area contributed by atoms with Crippen molar-refractivity contribution in [1.29, 1.82) is 0 Å². The Balaban J connectivity index is 1.55. The first-order valence-corrected chi connectivity index (χ1v) is 10.4. The van der Waals surface area contributed by atoms with Crippen LogP contribution >= 0.6 is 23.2 Å². The van der Waals surface area contributed by atoms with Crippen LogP contribution in [0.2, 0.25) is 10.0 Å². The van der Waals surface area contributed by atoms with Crippen LogP contribution in [0, 0.1) is 5.92 Å². The van der Waals surface area contributed by atoms with E-state index in [9.17, 15) is 9.59 Å². The molecule has 0 atom stereocenters. The maximum absolute atomic E-state index is 12.5. The molecule has 4 nitrogen and oxygen atoms in total. The molecule has 0 saturated heterocycles. The number of carbonyl (C=O) groups excluding carboxylic acids is 1. The summed E-state index contributed by atoms with van der Waals surface area (Å²) in [7, 11) is 0. The van der Waals surface area contributed by atoms with Gasteiger partial charge in [0.05, 0.1) is 6.54 Å². The fourth-order valence-electron chi connectivity index (χ4n) is 3.51. The Kier molecular flexibility index (Phi) is 5.84. The summed E-state index contributed by atoms with van der Waals surface area (Å²) < 4.78 is 1.58. The van der Waals surface area contributed by atoms with Crippen LogP contribution in [0.1, 0.15) is 46.3 Å². The number of halogens is 2. The molecule has 3 aromatic rings. The molecule has 0 spiro atoms. The summed E-state index contributed by atoms with van der Waals surface area (Å²) >= 11 is 13.0. The van der Waals surface area contributed by atoms with E-state index >= 15 is 0 Å². The number of hydrogen-bond acceptors (Lipinski definition) is 3. The van der Waals surface area contributed by atoms with Crippen molar-refractivity contribution in [2.45, 2.75) is 32.2 Å². The summed E-state index contributed by atoms with van der Waals surface area (Å²) in [6.45, 7) is 0.353. The Labute approximate surface area is 179 Å². The summed E-state index contributed by atoms with van der Waals surface area (Å²) in [6.07, 6.45) is 8.70. The van der Waals surface area contributed by atoms with E-state index in [2.05, 4.69) is 4.98 Å². The predicted molar refractivity (Wildman–Crippen MR) is 115 cm³/mol. The lowest BCUT2D eigenvalue weighted by molar-refractivity contribution is 0.0854. The number of nitrogens with zero attached hydrogens (tertiary/aromatic N) is 2. The molecule has 0 radical (unpaired) electrons. The minimum Gasteiger partial charge on any atom is -0.311 e. The summed E-state index contributed by atoms with van der Waals surface area (Å²) in [6, 6.07) is 10.5. The zero-order valence-electron chi connectivity index (χ0n) is 15.8. The molecule has 0 amide bonds. The topological polar surface area (TPSA) is 52.0 Å². The highest BCUT2D eigenvalue weighted by Crippen LogP contribution is 2.31. The van der Waals surface area contributed by atoms with Crippen molar-refractivity contribution >= 4 is 29.0 Å². The van der Waals surface area contributed by atoms with Gasteiger partial charge in [-0.2, -0.15) is 0 Å². The number of benzene rings is 1. The van der Waals surface area contributed by atoms with Gasteiger partial charge in [0.25, 0.3) is 5.56 Å². The normalized spacial score (nSPS) is 13.9. The van der Waals surface area contributed by atoms with Crippen molar-refractivity contribution in [3.8, 4) is 0 Å². The molecule has 0 bridgehead atoms. The van der Waals surface area contributed by atoms with Gasteiger partial charge in [0.15, 0.2) is 5.78 Å². The Morgan fingerprint density at radius 3 is 2.55 bits per heavy atom. The van der Waals surface area contributed by atoms with Crippen molar-refractivity contribution < 1.29 is 4.79 Å². The van der Waals surface area contributed by atoms with Gasteiger partial charge in [0.1, 0.15) is 0 Å². The fraction of sp³-hybridized carbons (Fsp3) is 0.261. The zero-order chi connectivity index (χ0) is 20.4. The van der Waals surface area contributed by atoms with Crippen LogP contribution < -0.4 is 5.56 Å². The van der Waals surface area contributed by atoms with Crippen molar-refractivity contribution in [3.63, 3.8) is 0 Å². The smallest absolute Gasteiger partial charge is 0.250 e. The van der Waals surface area contributed by atoms with Gasteiger partial charge in [-0.1, -0.05) is 35.7 Å². The van der Waals surface area contributed by atoms with Gasteiger partial charge >= 0.3 is 0 Å². The van der Waals surface area contributed by atoms with Crippen molar-refractivity contribution in [2.24, 2.45) is 5.92 Å². The maximum Gasteiger partial charge on any atom is 0.250 e. The summed E-state index contributed by atoms with van der Waals surface area (Å²) in [5, 5.41) is 1.12. The molecule has 6 heteroatoms. The number of hydrogen-bond donors (Lipinski definition) is 0. The fourth-order valence-corrected chi connectivity index (χ4v) is 4.00. The molecule has 2 aromatic heterocycles. The maximum atomic E-state index is 12.5. The zero-order valence-corrected chi connectivity index (χ0v) is 17.3. The van der Waals surface area contributed by atoms with E-state index < -0.39 is 0 Å².